The molecule has 31 heavy (non-hydrogen) atoms. The van der Waals surface area contributed by atoms with Gasteiger partial charge in [-0.05, 0) is 31.5 Å². The fourth-order valence-electron chi connectivity index (χ4n) is 4.81. The molecule has 2 saturated heterocycles. The third-order valence-electron chi connectivity index (χ3n) is 6.46. The minimum absolute atomic E-state index is 0. The van der Waals surface area contributed by atoms with Crippen LogP contribution in [0.1, 0.15) is 18.4 Å². The van der Waals surface area contributed by atoms with Crippen LogP contribution in [0.25, 0.3) is 11.0 Å². The van der Waals surface area contributed by atoms with Crippen LogP contribution in [0.5, 0.6) is 0 Å². The van der Waals surface area contributed by atoms with Crippen LogP contribution in [0.3, 0.4) is 0 Å². The Hall–Kier alpha value is -2.35. The normalized spacial score (nSPS) is 18.6. The van der Waals surface area contributed by atoms with E-state index < -0.39 is 5.41 Å². The molecule has 2 N–H and O–H groups in total. The number of hydrogen-bond donors (Lipinski definition) is 2. The number of nitrogens with zero attached hydrogens (tertiary/aromatic N) is 4. The summed E-state index contributed by atoms with van der Waals surface area (Å²) in [6, 6.07) is 10.3. The molecule has 3 aromatic rings. The van der Waals surface area contributed by atoms with E-state index in [2.05, 4.69) is 37.3 Å². The minimum atomic E-state index is -0.430. The molecule has 7 nitrogen and oxygen atoms in total. The number of hydrogen-bond acceptors (Lipinski definition) is 5. The Kier molecular flexibility index (Phi) is 6.36. The number of aromatic nitrogens is 3. The molecule has 2 aliphatic heterocycles. The number of anilines is 1. The highest BCUT2D eigenvalue weighted by Crippen LogP contribution is 2.36. The molecule has 5 rings (SSSR count). The predicted octanol–water partition coefficient (Wildman–Crippen LogP) is 3.00. The largest absolute Gasteiger partial charge is 0.352 e. The molecule has 0 spiro atoms. The van der Waals surface area contributed by atoms with Crippen molar-refractivity contribution < 1.29 is 4.79 Å². The van der Waals surface area contributed by atoms with Crippen molar-refractivity contribution in [2.24, 2.45) is 0 Å². The van der Waals surface area contributed by atoms with E-state index in [1.54, 1.807) is 12.5 Å². The number of carbonyl (C=O) groups excluding carboxylic acids is 1. The number of carbonyl (C=O) groups is 1. The first-order valence-corrected chi connectivity index (χ1v) is 10.8. The van der Waals surface area contributed by atoms with E-state index in [-0.39, 0.29) is 18.3 Å². The molecule has 2 aromatic heterocycles. The van der Waals surface area contributed by atoms with Crippen LogP contribution in [0.4, 0.5) is 5.82 Å². The van der Waals surface area contributed by atoms with Gasteiger partial charge in [-0.3, -0.25) is 4.79 Å². The fourth-order valence-corrected chi connectivity index (χ4v) is 5.04. The highest BCUT2D eigenvalue weighted by atomic mass is 35.5. The maximum Gasteiger partial charge on any atom is 0.233 e. The van der Waals surface area contributed by atoms with Crippen molar-refractivity contribution in [1.82, 2.24) is 25.2 Å². The Bertz CT molecular complexity index is 1040. The lowest BCUT2D eigenvalue weighted by Crippen LogP contribution is -2.57. The number of piperidine rings is 1. The second-order valence-electron chi connectivity index (χ2n) is 8.03. The number of fused-ring (bicyclic) bond motifs is 1. The Morgan fingerprint density at radius 1 is 1.03 bits per heavy atom. The number of piperazine rings is 1. The van der Waals surface area contributed by atoms with Crippen LogP contribution in [0.2, 0.25) is 5.02 Å². The van der Waals surface area contributed by atoms with E-state index in [0.717, 1.165) is 61.4 Å². The fraction of sp³-hybridized carbons (Fsp3) is 0.409. The second-order valence-corrected chi connectivity index (χ2v) is 8.44. The first-order chi connectivity index (χ1) is 14.7. The maximum atomic E-state index is 13.8. The Morgan fingerprint density at radius 3 is 2.45 bits per heavy atom. The van der Waals surface area contributed by atoms with Gasteiger partial charge < -0.3 is 20.1 Å². The van der Waals surface area contributed by atoms with Crippen LogP contribution in [-0.4, -0.2) is 65.0 Å². The number of H-pyrrole nitrogens is 1. The van der Waals surface area contributed by atoms with Gasteiger partial charge in [0.05, 0.1) is 15.8 Å². The van der Waals surface area contributed by atoms with Crippen molar-refractivity contribution >= 4 is 46.8 Å². The van der Waals surface area contributed by atoms with Crippen LogP contribution in [-0.2, 0) is 10.2 Å². The molecule has 0 radical (unpaired) electrons. The Morgan fingerprint density at radius 2 is 1.74 bits per heavy atom. The number of halogens is 2. The van der Waals surface area contributed by atoms with Gasteiger partial charge in [0.15, 0.2) is 0 Å². The molecular formula is C22H26Cl2N6O. The molecule has 0 atom stereocenters. The summed E-state index contributed by atoms with van der Waals surface area (Å²) in [6.45, 7) is 4.53. The van der Waals surface area contributed by atoms with Crippen molar-refractivity contribution in [3.63, 3.8) is 0 Å². The molecule has 4 heterocycles. The summed E-state index contributed by atoms with van der Waals surface area (Å²) in [4.78, 5) is 29.8. The number of amides is 1. The lowest BCUT2D eigenvalue weighted by atomic mass is 9.72. The third-order valence-corrected chi connectivity index (χ3v) is 6.76. The Labute approximate surface area is 192 Å². The van der Waals surface area contributed by atoms with Crippen molar-refractivity contribution in [1.29, 1.82) is 0 Å². The van der Waals surface area contributed by atoms with Crippen molar-refractivity contribution in [2.75, 3.05) is 44.2 Å². The number of nitrogens with one attached hydrogen (secondary N) is 2. The first kappa shape index (κ1) is 21.9. The Balaban J connectivity index is 0.00000231. The summed E-state index contributed by atoms with van der Waals surface area (Å²) in [5.74, 6) is 1.08. The summed E-state index contributed by atoms with van der Waals surface area (Å²) < 4.78 is 0. The van der Waals surface area contributed by atoms with Crippen LogP contribution >= 0.6 is 24.0 Å². The van der Waals surface area contributed by atoms with E-state index in [9.17, 15) is 4.79 Å². The molecular weight excluding hydrogens is 435 g/mol. The van der Waals surface area contributed by atoms with Crippen molar-refractivity contribution in [2.45, 2.75) is 18.3 Å². The molecule has 1 amide bonds. The van der Waals surface area contributed by atoms with Crippen LogP contribution < -0.4 is 10.2 Å². The van der Waals surface area contributed by atoms with Gasteiger partial charge in [-0.15, -0.1) is 12.4 Å². The zero-order chi connectivity index (χ0) is 20.6. The van der Waals surface area contributed by atoms with E-state index in [4.69, 9.17) is 11.6 Å². The lowest BCUT2D eigenvalue weighted by Gasteiger charge is -2.43. The van der Waals surface area contributed by atoms with Gasteiger partial charge >= 0.3 is 0 Å². The standard InChI is InChI=1S/C22H25ClN6O.ClH/c23-17-14-25-19-18(17)20(27-15-26-19)28-10-12-29(13-11-28)21(30)22(6-8-24-9-7-22)16-4-2-1-3-5-16;/h1-5,14-15,24H,6-13H2,(H,25,26,27);1H. The molecule has 9 heteroatoms. The molecule has 1 aromatic carbocycles. The topological polar surface area (TPSA) is 77.2 Å². The second kappa shape index (κ2) is 9.02. The van der Waals surface area contributed by atoms with Gasteiger partial charge in [0.2, 0.25) is 5.91 Å². The predicted molar refractivity (Wildman–Crippen MR) is 125 cm³/mol. The lowest BCUT2D eigenvalue weighted by molar-refractivity contribution is -0.139. The summed E-state index contributed by atoms with van der Waals surface area (Å²) >= 11 is 6.36. The van der Waals surface area contributed by atoms with Gasteiger partial charge in [0, 0.05) is 32.4 Å². The van der Waals surface area contributed by atoms with E-state index in [0.29, 0.717) is 18.1 Å². The number of aromatic amines is 1. The summed E-state index contributed by atoms with van der Waals surface area (Å²) in [6.07, 6.45) is 4.97. The van der Waals surface area contributed by atoms with E-state index >= 15 is 0 Å². The monoisotopic (exact) mass is 460 g/mol. The highest BCUT2D eigenvalue weighted by Gasteiger charge is 2.44. The average molecular weight is 461 g/mol. The number of benzene rings is 1. The van der Waals surface area contributed by atoms with Gasteiger partial charge in [0.1, 0.15) is 17.8 Å². The average Bonchev–Trinajstić information content (AvgIpc) is 3.21. The number of rotatable bonds is 3. The zero-order valence-electron chi connectivity index (χ0n) is 17.2. The van der Waals surface area contributed by atoms with Crippen molar-refractivity contribution in [3.05, 3.63) is 53.4 Å². The molecule has 2 aliphatic rings. The molecule has 0 bridgehead atoms. The van der Waals surface area contributed by atoms with E-state index in [1.165, 1.54) is 0 Å². The summed E-state index contributed by atoms with van der Waals surface area (Å²) in [5.41, 5.74) is 1.44. The molecule has 0 unspecified atom stereocenters. The van der Waals surface area contributed by atoms with Crippen LogP contribution in [0.15, 0.2) is 42.9 Å². The highest BCUT2D eigenvalue weighted by molar-refractivity contribution is 6.36. The van der Waals surface area contributed by atoms with Gasteiger partial charge in [0.25, 0.3) is 0 Å². The molecule has 2 fully saturated rings. The van der Waals surface area contributed by atoms with E-state index in [1.807, 2.05) is 23.1 Å². The minimum Gasteiger partial charge on any atom is -0.352 e. The third kappa shape index (κ3) is 3.86. The van der Waals surface area contributed by atoms with Gasteiger partial charge in [-0.1, -0.05) is 41.9 Å². The summed E-state index contributed by atoms with van der Waals surface area (Å²) in [7, 11) is 0. The van der Waals surface area contributed by atoms with Crippen LogP contribution in [0, 0.1) is 0 Å². The molecule has 164 valence electrons. The first-order valence-electron chi connectivity index (χ1n) is 10.5. The molecule has 0 saturated carbocycles. The zero-order valence-corrected chi connectivity index (χ0v) is 18.8. The quantitative estimate of drug-likeness (QED) is 0.627. The molecule has 0 aliphatic carbocycles. The maximum absolute atomic E-state index is 13.8. The summed E-state index contributed by atoms with van der Waals surface area (Å²) in [5, 5.41) is 4.87. The smallest absolute Gasteiger partial charge is 0.233 e. The van der Waals surface area contributed by atoms with Gasteiger partial charge in [-0.2, -0.15) is 0 Å². The van der Waals surface area contributed by atoms with Gasteiger partial charge in [-0.25, -0.2) is 9.97 Å². The van der Waals surface area contributed by atoms with Crippen molar-refractivity contribution in [3.8, 4) is 0 Å². The SMILES string of the molecule is Cl.O=C(N1CCN(c2ncnc3[nH]cc(Cl)c23)CC1)C1(c2ccccc2)CCNCC1.